The number of hydrogen-bond donors (Lipinski definition) is 0. The van der Waals surface area contributed by atoms with Crippen LogP contribution in [0.1, 0.15) is 29.9 Å². The van der Waals surface area contributed by atoms with Gasteiger partial charge in [-0.25, -0.2) is 9.48 Å². The normalized spacial score (nSPS) is 12.0. The Hall–Kier alpha value is -3.22. The van der Waals surface area contributed by atoms with Crippen LogP contribution in [0.3, 0.4) is 0 Å². The van der Waals surface area contributed by atoms with E-state index in [1.807, 2.05) is 49.4 Å². The zero-order chi connectivity index (χ0) is 20.1. The maximum Gasteiger partial charge on any atom is 0.346 e. The molecule has 2 aromatic heterocycles. The minimum atomic E-state index is -0.260. The molecule has 0 radical (unpaired) electrons. The van der Waals surface area contributed by atoms with Crippen molar-refractivity contribution in [1.29, 1.82) is 0 Å². The summed E-state index contributed by atoms with van der Waals surface area (Å²) in [6.07, 6.45) is 4.17. The second kappa shape index (κ2) is 8.65. The van der Waals surface area contributed by atoms with E-state index in [4.69, 9.17) is 0 Å². The predicted octanol–water partition coefficient (Wildman–Crippen LogP) is 2.21. The van der Waals surface area contributed by atoms with Crippen molar-refractivity contribution in [3.63, 3.8) is 0 Å². The SMILES string of the molecule is Cc1nn(CC(=O)N(C)C(C)c2cccnc2)c(=O)n1CCc1ccccc1. The van der Waals surface area contributed by atoms with Gasteiger partial charge in [-0.1, -0.05) is 36.4 Å². The number of likely N-dealkylation sites (N-methyl/N-ethyl adjacent to an activating group) is 1. The van der Waals surface area contributed by atoms with Crippen LogP contribution >= 0.6 is 0 Å². The Balaban J connectivity index is 1.69. The highest BCUT2D eigenvalue weighted by atomic mass is 16.2. The molecule has 0 spiro atoms. The molecule has 0 aliphatic rings. The van der Waals surface area contributed by atoms with Crippen LogP contribution in [0.5, 0.6) is 0 Å². The van der Waals surface area contributed by atoms with Gasteiger partial charge in [0.1, 0.15) is 12.4 Å². The number of aromatic nitrogens is 4. The van der Waals surface area contributed by atoms with E-state index in [0.717, 1.165) is 17.5 Å². The maximum atomic E-state index is 12.7. The second-order valence-corrected chi connectivity index (χ2v) is 6.84. The van der Waals surface area contributed by atoms with Gasteiger partial charge in [0.15, 0.2) is 0 Å². The minimum Gasteiger partial charge on any atom is -0.337 e. The third kappa shape index (κ3) is 4.36. The lowest BCUT2D eigenvalue weighted by atomic mass is 10.1. The van der Waals surface area contributed by atoms with Crippen LogP contribution in [0.4, 0.5) is 0 Å². The first-order chi connectivity index (χ1) is 13.5. The van der Waals surface area contributed by atoms with Crippen molar-refractivity contribution in [3.8, 4) is 0 Å². The van der Waals surface area contributed by atoms with Gasteiger partial charge < -0.3 is 4.90 Å². The summed E-state index contributed by atoms with van der Waals surface area (Å²) in [5.74, 6) is 0.433. The Bertz CT molecular complexity index is 979. The summed E-state index contributed by atoms with van der Waals surface area (Å²) in [4.78, 5) is 31.1. The number of aryl methyl sites for hydroxylation is 2. The fraction of sp³-hybridized carbons (Fsp3) is 0.333. The number of nitrogens with zero attached hydrogens (tertiary/aromatic N) is 5. The highest BCUT2D eigenvalue weighted by Gasteiger charge is 2.20. The quantitative estimate of drug-likeness (QED) is 0.631. The fourth-order valence-corrected chi connectivity index (χ4v) is 3.10. The topological polar surface area (TPSA) is 73.0 Å². The van der Waals surface area contributed by atoms with Crippen LogP contribution in [0.15, 0.2) is 59.7 Å². The number of carbonyl (C=O) groups is 1. The summed E-state index contributed by atoms with van der Waals surface area (Å²) in [7, 11) is 1.73. The molecule has 0 bridgehead atoms. The fourth-order valence-electron chi connectivity index (χ4n) is 3.10. The Morgan fingerprint density at radius 2 is 1.93 bits per heavy atom. The van der Waals surface area contributed by atoms with Crippen molar-refractivity contribution in [2.24, 2.45) is 0 Å². The Labute approximate surface area is 164 Å². The summed E-state index contributed by atoms with van der Waals surface area (Å²) >= 11 is 0. The number of amides is 1. The van der Waals surface area contributed by atoms with Gasteiger partial charge in [-0.2, -0.15) is 5.10 Å². The lowest BCUT2D eigenvalue weighted by Crippen LogP contribution is -2.36. The highest BCUT2D eigenvalue weighted by molar-refractivity contribution is 5.76. The number of carbonyl (C=O) groups excluding carboxylic acids is 1. The molecule has 3 aromatic rings. The first kappa shape index (κ1) is 19.5. The van der Waals surface area contributed by atoms with Crippen molar-refractivity contribution in [2.75, 3.05) is 7.05 Å². The van der Waals surface area contributed by atoms with Crippen molar-refractivity contribution in [2.45, 2.75) is 39.4 Å². The van der Waals surface area contributed by atoms with Gasteiger partial charge in [0.05, 0.1) is 6.04 Å². The van der Waals surface area contributed by atoms with Gasteiger partial charge in [-0.05, 0) is 37.5 Å². The zero-order valence-corrected chi connectivity index (χ0v) is 16.4. The van der Waals surface area contributed by atoms with Crippen LogP contribution in [0.25, 0.3) is 0 Å². The number of hydrogen-bond acceptors (Lipinski definition) is 4. The van der Waals surface area contributed by atoms with Crippen LogP contribution in [0, 0.1) is 6.92 Å². The standard InChI is InChI=1S/C21H25N5O2/c1-16(19-10-7-12-22-14-19)24(3)20(27)15-26-21(28)25(17(2)23-26)13-11-18-8-5-4-6-9-18/h4-10,12,14,16H,11,13,15H2,1-3H3. The average Bonchev–Trinajstić information content (AvgIpc) is 2.99. The predicted molar refractivity (Wildman–Crippen MR) is 107 cm³/mol. The van der Waals surface area contributed by atoms with Gasteiger partial charge >= 0.3 is 5.69 Å². The molecule has 28 heavy (non-hydrogen) atoms. The molecule has 3 rings (SSSR count). The van der Waals surface area contributed by atoms with E-state index in [2.05, 4.69) is 10.1 Å². The molecule has 1 unspecified atom stereocenters. The molecule has 1 amide bonds. The van der Waals surface area contributed by atoms with Crippen LogP contribution in [-0.2, 0) is 24.3 Å². The highest BCUT2D eigenvalue weighted by Crippen LogP contribution is 2.17. The van der Waals surface area contributed by atoms with E-state index in [1.54, 1.807) is 35.8 Å². The summed E-state index contributed by atoms with van der Waals surface area (Å²) in [6.45, 7) is 4.17. The third-order valence-electron chi connectivity index (χ3n) is 5.00. The van der Waals surface area contributed by atoms with E-state index in [9.17, 15) is 9.59 Å². The number of rotatable bonds is 7. The Morgan fingerprint density at radius 3 is 2.61 bits per heavy atom. The molecule has 0 fully saturated rings. The first-order valence-electron chi connectivity index (χ1n) is 9.31. The Morgan fingerprint density at radius 1 is 1.18 bits per heavy atom. The van der Waals surface area contributed by atoms with E-state index in [-0.39, 0.29) is 24.2 Å². The molecule has 7 heteroatoms. The molecular weight excluding hydrogens is 354 g/mol. The van der Waals surface area contributed by atoms with Gasteiger partial charge in [-0.15, -0.1) is 0 Å². The molecule has 7 nitrogen and oxygen atoms in total. The molecular formula is C21H25N5O2. The molecule has 0 N–H and O–H groups in total. The van der Waals surface area contributed by atoms with Crippen LogP contribution in [-0.4, -0.2) is 37.2 Å². The van der Waals surface area contributed by atoms with Crippen molar-refractivity contribution < 1.29 is 4.79 Å². The monoisotopic (exact) mass is 379 g/mol. The van der Waals surface area contributed by atoms with Crippen molar-refractivity contribution in [1.82, 2.24) is 24.2 Å². The van der Waals surface area contributed by atoms with Gasteiger partial charge in [0.25, 0.3) is 0 Å². The third-order valence-corrected chi connectivity index (χ3v) is 5.00. The average molecular weight is 379 g/mol. The Kier molecular flexibility index (Phi) is 6.03. The van der Waals surface area contributed by atoms with Gasteiger partial charge in [0.2, 0.25) is 5.91 Å². The smallest absolute Gasteiger partial charge is 0.337 e. The summed E-state index contributed by atoms with van der Waals surface area (Å²) in [5, 5.41) is 4.28. The summed E-state index contributed by atoms with van der Waals surface area (Å²) in [5.41, 5.74) is 1.84. The molecule has 0 saturated carbocycles. The lowest BCUT2D eigenvalue weighted by molar-refractivity contribution is -0.132. The number of benzene rings is 1. The molecule has 2 heterocycles. The molecule has 146 valence electrons. The first-order valence-corrected chi connectivity index (χ1v) is 9.31. The number of pyridine rings is 1. The van der Waals surface area contributed by atoms with E-state index < -0.39 is 0 Å². The summed E-state index contributed by atoms with van der Waals surface area (Å²) in [6, 6.07) is 13.6. The van der Waals surface area contributed by atoms with Crippen molar-refractivity contribution >= 4 is 5.91 Å². The van der Waals surface area contributed by atoms with Gasteiger partial charge in [0, 0.05) is 26.0 Å². The molecule has 0 aliphatic carbocycles. The van der Waals surface area contributed by atoms with E-state index >= 15 is 0 Å². The minimum absolute atomic E-state index is 0.0842. The van der Waals surface area contributed by atoms with Crippen LogP contribution < -0.4 is 5.69 Å². The molecule has 0 saturated heterocycles. The lowest BCUT2D eigenvalue weighted by Gasteiger charge is -2.24. The molecule has 1 atom stereocenters. The molecule has 0 aliphatic heterocycles. The van der Waals surface area contributed by atoms with Crippen molar-refractivity contribution in [3.05, 3.63) is 82.3 Å². The second-order valence-electron chi connectivity index (χ2n) is 6.84. The summed E-state index contributed by atoms with van der Waals surface area (Å²) < 4.78 is 2.86. The maximum absolute atomic E-state index is 12.7. The zero-order valence-electron chi connectivity index (χ0n) is 16.4. The van der Waals surface area contributed by atoms with Crippen LogP contribution in [0.2, 0.25) is 0 Å². The van der Waals surface area contributed by atoms with E-state index in [1.165, 1.54) is 4.68 Å². The molecule has 1 aromatic carbocycles. The van der Waals surface area contributed by atoms with Gasteiger partial charge in [-0.3, -0.25) is 14.3 Å². The van der Waals surface area contributed by atoms with E-state index in [0.29, 0.717) is 12.4 Å². The largest absolute Gasteiger partial charge is 0.346 e.